The van der Waals surface area contributed by atoms with Gasteiger partial charge in [0, 0.05) is 37.3 Å². The van der Waals surface area contributed by atoms with Gasteiger partial charge < -0.3 is 9.42 Å². The number of amides is 1. The van der Waals surface area contributed by atoms with Crippen LogP contribution in [-0.4, -0.2) is 32.3 Å². The van der Waals surface area contributed by atoms with Gasteiger partial charge in [-0.2, -0.15) is 5.10 Å². The molecule has 2 fully saturated rings. The zero-order valence-electron chi connectivity index (χ0n) is 12.0. The van der Waals surface area contributed by atoms with Gasteiger partial charge >= 0.3 is 0 Å². The minimum atomic E-state index is -0.0306. The molecule has 21 heavy (non-hydrogen) atoms. The average Bonchev–Trinajstić information content (AvgIpc) is 2.94. The standard InChI is InChI=1S/C15H18N4O2/c1-18-9-11(8-16-18)13-3-2-6-19(13)15(20)12-7-14(21-17-12)10-4-5-10/h7-10,13H,2-6H2,1H3. The number of carbonyl (C=O) groups is 1. The molecule has 2 aromatic rings. The number of hydrogen-bond donors (Lipinski definition) is 0. The minimum absolute atomic E-state index is 0.0306. The second-order valence-electron chi connectivity index (χ2n) is 5.99. The summed E-state index contributed by atoms with van der Waals surface area (Å²) in [5.41, 5.74) is 1.53. The number of nitrogens with zero attached hydrogens (tertiary/aromatic N) is 4. The Balaban J connectivity index is 1.56. The van der Waals surface area contributed by atoms with Crippen molar-refractivity contribution in [1.82, 2.24) is 19.8 Å². The zero-order chi connectivity index (χ0) is 14.4. The van der Waals surface area contributed by atoms with Crippen LogP contribution < -0.4 is 0 Å². The third-order valence-corrected chi connectivity index (χ3v) is 4.35. The first kappa shape index (κ1) is 12.6. The van der Waals surface area contributed by atoms with Gasteiger partial charge in [0.1, 0.15) is 5.76 Å². The molecule has 6 heteroatoms. The fraction of sp³-hybridized carbons (Fsp3) is 0.533. The minimum Gasteiger partial charge on any atom is -0.360 e. The van der Waals surface area contributed by atoms with Crippen molar-refractivity contribution < 1.29 is 9.32 Å². The van der Waals surface area contributed by atoms with Crippen LogP contribution in [0.25, 0.3) is 0 Å². The van der Waals surface area contributed by atoms with Gasteiger partial charge in [-0.1, -0.05) is 5.16 Å². The van der Waals surface area contributed by atoms with E-state index in [1.54, 1.807) is 4.68 Å². The molecule has 110 valence electrons. The molecule has 3 heterocycles. The molecule has 0 aromatic carbocycles. The van der Waals surface area contributed by atoms with Gasteiger partial charge in [0.15, 0.2) is 5.69 Å². The highest BCUT2D eigenvalue weighted by Crippen LogP contribution is 2.40. The maximum absolute atomic E-state index is 12.7. The third kappa shape index (κ3) is 2.24. The fourth-order valence-corrected chi connectivity index (χ4v) is 3.07. The maximum Gasteiger partial charge on any atom is 0.276 e. The van der Waals surface area contributed by atoms with Crippen LogP contribution in [0, 0.1) is 0 Å². The van der Waals surface area contributed by atoms with E-state index in [2.05, 4.69) is 10.3 Å². The highest BCUT2D eigenvalue weighted by molar-refractivity contribution is 5.92. The largest absolute Gasteiger partial charge is 0.360 e. The highest BCUT2D eigenvalue weighted by Gasteiger charge is 2.34. The van der Waals surface area contributed by atoms with E-state index >= 15 is 0 Å². The van der Waals surface area contributed by atoms with Crippen molar-refractivity contribution in [3.8, 4) is 0 Å². The molecule has 2 aliphatic rings. The monoisotopic (exact) mass is 286 g/mol. The number of hydrogen-bond acceptors (Lipinski definition) is 4. The second-order valence-corrected chi connectivity index (χ2v) is 5.99. The van der Waals surface area contributed by atoms with Gasteiger partial charge in [-0.25, -0.2) is 0 Å². The van der Waals surface area contributed by atoms with Crippen LogP contribution in [-0.2, 0) is 7.05 Å². The first-order valence-electron chi connectivity index (χ1n) is 7.48. The van der Waals surface area contributed by atoms with Crippen LogP contribution in [0.5, 0.6) is 0 Å². The lowest BCUT2D eigenvalue weighted by Gasteiger charge is -2.22. The lowest BCUT2D eigenvalue weighted by atomic mass is 10.1. The Kier molecular flexibility index (Phi) is 2.83. The third-order valence-electron chi connectivity index (χ3n) is 4.35. The smallest absolute Gasteiger partial charge is 0.276 e. The van der Waals surface area contributed by atoms with Gasteiger partial charge in [0.2, 0.25) is 0 Å². The van der Waals surface area contributed by atoms with E-state index in [1.165, 1.54) is 0 Å². The summed E-state index contributed by atoms with van der Waals surface area (Å²) in [6, 6.07) is 1.92. The van der Waals surface area contributed by atoms with Gasteiger partial charge in [-0.15, -0.1) is 0 Å². The SMILES string of the molecule is Cn1cc(C2CCCN2C(=O)c2cc(C3CC3)on2)cn1. The van der Waals surface area contributed by atoms with Crippen LogP contribution in [0.3, 0.4) is 0 Å². The topological polar surface area (TPSA) is 64.2 Å². The zero-order valence-corrected chi connectivity index (χ0v) is 12.0. The molecule has 1 aliphatic heterocycles. The molecule has 0 spiro atoms. The molecule has 1 atom stereocenters. The maximum atomic E-state index is 12.7. The summed E-state index contributed by atoms with van der Waals surface area (Å²) in [7, 11) is 1.89. The van der Waals surface area contributed by atoms with Crippen LogP contribution in [0.2, 0.25) is 0 Å². The molecule has 2 aromatic heterocycles. The van der Waals surface area contributed by atoms with Gasteiger partial charge in [0.05, 0.1) is 12.2 Å². The summed E-state index contributed by atoms with van der Waals surface area (Å²) in [4.78, 5) is 14.6. The van der Waals surface area contributed by atoms with Crippen molar-refractivity contribution in [2.75, 3.05) is 6.54 Å². The Bertz CT molecular complexity index is 671. The molecule has 0 bridgehead atoms. The van der Waals surface area contributed by atoms with Crippen molar-refractivity contribution in [2.45, 2.75) is 37.6 Å². The van der Waals surface area contributed by atoms with Crippen LogP contribution >= 0.6 is 0 Å². The second kappa shape index (κ2) is 4.72. The highest BCUT2D eigenvalue weighted by atomic mass is 16.5. The van der Waals surface area contributed by atoms with E-state index < -0.39 is 0 Å². The number of carbonyl (C=O) groups excluding carboxylic acids is 1. The molecule has 1 saturated carbocycles. The first-order valence-corrected chi connectivity index (χ1v) is 7.48. The Labute approximate surface area is 122 Å². The summed E-state index contributed by atoms with van der Waals surface area (Å²) in [5.74, 6) is 1.30. The predicted molar refractivity (Wildman–Crippen MR) is 74.7 cm³/mol. The Hall–Kier alpha value is -2.11. The van der Waals surface area contributed by atoms with Crippen molar-refractivity contribution in [1.29, 1.82) is 0 Å². The predicted octanol–water partition coefficient (Wildman–Crippen LogP) is 2.26. The fourth-order valence-electron chi connectivity index (χ4n) is 3.07. The van der Waals surface area contributed by atoms with Crippen molar-refractivity contribution in [2.24, 2.45) is 7.05 Å². The molecule has 1 saturated heterocycles. The molecule has 1 aliphatic carbocycles. The molecular formula is C15H18N4O2. The Morgan fingerprint density at radius 1 is 1.38 bits per heavy atom. The Morgan fingerprint density at radius 2 is 2.24 bits per heavy atom. The quantitative estimate of drug-likeness (QED) is 0.868. The van der Waals surface area contributed by atoms with E-state index in [1.807, 2.05) is 30.4 Å². The summed E-state index contributed by atoms with van der Waals surface area (Å²) >= 11 is 0. The molecule has 6 nitrogen and oxygen atoms in total. The summed E-state index contributed by atoms with van der Waals surface area (Å²) < 4.78 is 7.08. The van der Waals surface area contributed by atoms with E-state index in [4.69, 9.17) is 4.52 Å². The summed E-state index contributed by atoms with van der Waals surface area (Å²) in [5, 5.41) is 8.18. The van der Waals surface area contributed by atoms with Gasteiger partial charge in [-0.3, -0.25) is 9.48 Å². The normalized spacial score (nSPS) is 22.0. The number of likely N-dealkylation sites (tertiary alicyclic amines) is 1. The van der Waals surface area contributed by atoms with Crippen LogP contribution in [0.15, 0.2) is 23.0 Å². The molecule has 0 radical (unpaired) electrons. The van der Waals surface area contributed by atoms with Crippen LogP contribution in [0.1, 0.15) is 59.5 Å². The van der Waals surface area contributed by atoms with Crippen LogP contribution in [0.4, 0.5) is 0 Å². The van der Waals surface area contributed by atoms with E-state index in [9.17, 15) is 4.79 Å². The Morgan fingerprint density at radius 3 is 2.95 bits per heavy atom. The lowest BCUT2D eigenvalue weighted by molar-refractivity contribution is 0.0725. The van der Waals surface area contributed by atoms with Crippen molar-refractivity contribution in [3.05, 3.63) is 35.5 Å². The van der Waals surface area contributed by atoms with Gasteiger partial charge in [0.25, 0.3) is 5.91 Å². The molecular weight excluding hydrogens is 268 g/mol. The summed E-state index contributed by atoms with van der Waals surface area (Å²) in [6.45, 7) is 0.768. The van der Waals surface area contributed by atoms with E-state index in [-0.39, 0.29) is 11.9 Å². The molecule has 0 N–H and O–H groups in total. The first-order chi connectivity index (χ1) is 10.2. The van der Waals surface area contributed by atoms with E-state index in [0.717, 1.165) is 43.6 Å². The van der Waals surface area contributed by atoms with Crippen molar-refractivity contribution >= 4 is 5.91 Å². The molecule has 1 amide bonds. The van der Waals surface area contributed by atoms with Gasteiger partial charge in [-0.05, 0) is 25.7 Å². The number of aromatic nitrogens is 3. The average molecular weight is 286 g/mol. The number of rotatable bonds is 3. The van der Waals surface area contributed by atoms with E-state index in [0.29, 0.717) is 11.6 Å². The molecule has 4 rings (SSSR count). The van der Waals surface area contributed by atoms with Crippen molar-refractivity contribution in [3.63, 3.8) is 0 Å². The lowest BCUT2D eigenvalue weighted by Crippen LogP contribution is -2.30. The molecule has 1 unspecified atom stereocenters. The number of aryl methyl sites for hydroxylation is 1. The summed E-state index contributed by atoms with van der Waals surface area (Å²) in [6.07, 6.45) is 8.10.